The summed E-state index contributed by atoms with van der Waals surface area (Å²) in [4.78, 5) is 30.7. The number of rotatable bonds is 2. The topological polar surface area (TPSA) is 86.3 Å². The molecule has 1 aliphatic heterocycles. The lowest BCUT2D eigenvalue weighted by Gasteiger charge is -2.11. The summed E-state index contributed by atoms with van der Waals surface area (Å²) in [5.41, 5.74) is 0.921. The van der Waals surface area contributed by atoms with Gasteiger partial charge in [0.05, 0.1) is 12.6 Å². The second-order valence-electron chi connectivity index (χ2n) is 5.79. The summed E-state index contributed by atoms with van der Waals surface area (Å²) in [5.74, 6) is 0.662. The number of nitrogens with zero attached hydrogens (tertiary/aromatic N) is 4. The third kappa shape index (κ3) is 1.77. The predicted molar refractivity (Wildman–Crippen MR) is 80.3 cm³/mol. The number of hydrogen-bond donors (Lipinski definition) is 1. The number of H-pyrrole nitrogens is 1. The van der Waals surface area contributed by atoms with E-state index in [0.29, 0.717) is 23.5 Å². The number of hydrogen-bond acceptors (Lipinski definition) is 4. The van der Waals surface area contributed by atoms with E-state index in [0.717, 1.165) is 25.1 Å². The Morgan fingerprint density at radius 1 is 1.45 bits per heavy atom. The Morgan fingerprint density at radius 3 is 3.00 bits per heavy atom. The van der Waals surface area contributed by atoms with Gasteiger partial charge >= 0.3 is 5.69 Å². The summed E-state index contributed by atoms with van der Waals surface area (Å²) >= 11 is 0. The minimum Gasteiger partial charge on any atom is -0.376 e. The molecule has 116 valence electrons. The van der Waals surface area contributed by atoms with E-state index in [-0.39, 0.29) is 6.10 Å². The van der Waals surface area contributed by atoms with Gasteiger partial charge in [-0.3, -0.25) is 18.7 Å². The van der Waals surface area contributed by atoms with Crippen LogP contribution in [0.3, 0.4) is 0 Å². The third-order valence-electron chi connectivity index (χ3n) is 4.33. The molecule has 4 heterocycles. The molecule has 1 atom stereocenters. The highest BCUT2D eigenvalue weighted by molar-refractivity contribution is 5.75. The van der Waals surface area contributed by atoms with E-state index in [4.69, 9.17) is 4.74 Å². The fourth-order valence-corrected chi connectivity index (χ4v) is 3.13. The van der Waals surface area contributed by atoms with Crippen molar-refractivity contribution in [3.8, 4) is 0 Å². The van der Waals surface area contributed by atoms with Crippen molar-refractivity contribution in [2.75, 3.05) is 6.61 Å². The van der Waals surface area contributed by atoms with Crippen molar-refractivity contribution in [3.05, 3.63) is 32.7 Å². The average molecular weight is 303 g/mol. The molecule has 22 heavy (non-hydrogen) atoms. The lowest BCUT2D eigenvalue weighted by molar-refractivity contribution is 0.0974. The van der Waals surface area contributed by atoms with Gasteiger partial charge in [0, 0.05) is 25.5 Å². The van der Waals surface area contributed by atoms with Gasteiger partial charge in [-0.05, 0) is 19.8 Å². The van der Waals surface area contributed by atoms with Crippen molar-refractivity contribution in [1.82, 2.24) is 23.5 Å². The molecule has 8 heteroatoms. The van der Waals surface area contributed by atoms with E-state index in [2.05, 4.69) is 9.97 Å². The van der Waals surface area contributed by atoms with Gasteiger partial charge in [-0.15, -0.1) is 0 Å². The summed E-state index contributed by atoms with van der Waals surface area (Å²) in [6.07, 6.45) is 4.16. The molecular weight excluding hydrogens is 286 g/mol. The number of aromatic nitrogens is 5. The number of fused-ring (bicyclic) bond motifs is 3. The zero-order valence-corrected chi connectivity index (χ0v) is 12.5. The summed E-state index contributed by atoms with van der Waals surface area (Å²) in [6, 6.07) is 0. The van der Waals surface area contributed by atoms with Crippen molar-refractivity contribution in [2.45, 2.75) is 32.4 Å². The molecule has 3 aromatic heterocycles. The molecule has 0 aromatic carbocycles. The first-order valence-electron chi connectivity index (χ1n) is 7.35. The van der Waals surface area contributed by atoms with Crippen molar-refractivity contribution < 1.29 is 4.74 Å². The van der Waals surface area contributed by atoms with Gasteiger partial charge in [0.15, 0.2) is 11.2 Å². The second-order valence-corrected chi connectivity index (χ2v) is 5.79. The van der Waals surface area contributed by atoms with E-state index in [1.54, 1.807) is 11.4 Å². The molecule has 1 N–H and O–H groups in total. The van der Waals surface area contributed by atoms with Crippen LogP contribution in [-0.2, 0) is 18.3 Å². The molecule has 3 aromatic rings. The molecule has 0 amide bonds. The third-order valence-corrected chi connectivity index (χ3v) is 4.33. The van der Waals surface area contributed by atoms with Crippen molar-refractivity contribution in [1.29, 1.82) is 0 Å². The van der Waals surface area contributed by atoms with Crippen LogP contribution in [0, 0.1) is 6.92 Å². The standard InChI is InChI=1S/C14H17N5O3/c1-8-6-19-10-11(17(2)14(21)16-12(10)20)15-13(19)18(8)7-9-4-3-5-22-9/h6,9H,3-5,7H2,1-2H3,(H,16,20,21)/t9-/m1/s1. The van der Waals surface area contributed by atoms with Gasteiger partial charge in [0.1, 0.15) is 0 Å². The Labute approximate surface area is 125 Å². The molecule has 1 aliphatic rings. The largest absolute Gasteiger partial charge is 0.376 e. The van der Waals surface area contributed by atoms with Crippen molar-refractivity contribution >= 4 is 16.9 Å². The Morgan fingerprint density at radius 2 is 2.27 bits per heavy atom. The van der Waals surface area contributed by atoms with E-state index < -0.39 is 11.2 Å². The molecular formula is C14H17N5O3. The van der Waals surface area contributed by atoms with Gasteiger partial charge in [-0.25, -0.2) is 4.79 Å². The molecule has 4 rings (SSSR count). The number of nitrogens with one attached hydrogen (secondary N) is 1. The van der Waals surface area contributed by atoms with E-state index >= 15 is 0 Å². The van der Waals surface area contributed by atoms with Crippen LogP contribution in [0.4, 0.5) is 0 Å². The Balaban J connectivity index is 1.98. The van der Waals surface area contributed by atoms with Crippen LogP contribution in [-0.4, -0.2) is 36.2 Å². The molecule has 0 aliphatic carbocycles. The average Bonchev–Trinajstić information content (AvgIpc) is 3.15. The van der Waals surface area contributed by atoms with Crippen LogP contribution in [0.2, 0.25) is 0 Å². The maximum atomic E-state index is 12.1. The molecule has 0 radical (unpaired) electrons. The van der Waals surface area contributed by atoms with Gasteiger partial charge < -0.3 is 9.30 Å². The first-order chi connectivity index (χ1) is 10.6. The monoisotopic (exact) mass is 303 g/mol. The zero-order chi connectivity index (χ0) is 15.4. The first-order valence-corrected chi connectivity index (χ1v) is 7.35. The zero-order valence-electron chi connectivity index (χ0n) is 12.5. The predicted octanol–water partition coefficient (Wildman–Crippen LogP) is 0.163. The molecule has 8 nitrogen and oxygen atoms in total. The molecule has 0 saturated carbocycles. The van der Waals surface area contributed by atoms with Crippen LogP contribution in [0.1, 0.15) is 18.5 Å². The number of imidazole rings is 2. The van der Waals surface area contributed by atoms with Crippen LogP contribution in [0.5, 0.6) is 0 Å². The Hall–Kier alpha value is -2.35. The van der Waals surface area contributed by atoms with Crippen LogP contribution in [0.25, 0.3) is 16.9 Å². The number of ether oxygens (including phenoxy) is 1. The highest BCUT2D eigenvalue weighted by Crippen LogP contribution is 2.20. The van der Waals surface area contributed by atoms with Gasteiger partial charge in [-0.1, -0.05) is 0 Å². The minimum atomic E-state index is -0.458. The molecule has 0 unspecified atom stereocenters. The lowest BCUT2D eigenvalue weighted by atomic mass is 10.2. The van der Waals surface area contributed by atoms with Crippen LogP contribution >= 0.6 is 0 Å². The fraction of sp³-hybridized carbons (Fsp3) is 0.500. The summed E-state index contributed by atoms with van der Waals surface area (Å²) in [7, 11) is 1.60. The summed E-state index contributed by atoms with van der Waals surface area (Å²) in [5, 5.41) is 0. The van der Waals surface area contributed by atoms with E-state index in [9.17, 15) is 9.59 Å². The quantitative estimate of drug-likeness (QED) is 0.731. The maximum Gasteiger partial charge on any atom is 0.329 e. The van der Waals surface area contributed by atoms with Crippen molar-refractivity contribution in [2.24, 2.45) is 7.05 Å². The van der Waals surface area contributed by atoms with Crippen LogP contribution in [0.15, 0.2) is 15.8 Å². The highest BCUT2D eigenvalue weighted by atomic mass is 16.5. The van der Waals surface area contributed by atoms with Gasteiger partial charge in [-0.2, -0.15) is 4.98 Å². The van der Waals surface area contributed by atoms with E-state index in [1.165, 1.54) is 4.57 Å². The smallest absolute Gasteiger partial charge is 0.329 e. The number of aromatic amines is 1. The molecule has 0 bridgehead atoms. The maximum absolute atomic E-state index is 12.1. The summed E-state index contributed by atoms with van der Waals surface area (Å²) < 4.78 is 10.8. The normalized spacial score (nSPS) is 18.7. The van der Waals surface area contributed by atoms with Gasteiger partial charge in [0.2, 0.25) is 5.78 Å². The van der Waals surface area contributed by atoms with Crippen molar-refractivity contribution in [3.63, 3.8) is 0 Å². The Kier molecular flexibility index (Phi) is 2.77. The minimum absolute atomic E-state index is 0.178. The highest BCUT2D eigenvalue weighted by Gasteiger charge is 2.21. The second kappa shape index (κ2) is 4.57. The van der Waals surface area contributed by atoms with E-state index in [1.807, 2.05) is 17.7 Å². The van der Waals surface area contributed by atoms with Gasteiger partial charge in [0.25, 0.3) is 5.56 Å². The molecule has 1 fully saturated rings. The Bertz CT molecular complexity index is 984. The lowest BCUT2D eigenvalue weighted by Crippen LogP contribution is -2.28. The SMILES string of the molecule is Cc1cn2c3c(=O)[nH]c(=O)n(C)c3nc2n1C[C@H]1CCCO1. The molecule has 1 saturated heterocycles. The molecule has 0 spiro atoms. The summed E-state index contributed by atoms with van der Waals surface area (Å²) in [6.45, 7) is 3.48. The number of aryl methyl sites for hydroxylation is 2. The first kappa shape index (κ1) is 13.3. The van der Waals surface area contributed by atoms with Crippen LogP contribution < -0.4 is 11.2 Å². The fourth-order valence-electron chi connectivity index (χ4n) is 3.13.